The average molecular weight is 373 g/mol. The van der Waals surface area contributed by atoms with Gasteiger partial charge in [0.1, 0.15) is 5.01 Å². The Morgan fingerprint density at radius 2 is 1.93 bits per heavy atom. The van der Waals surface area contributed by atoms with Gasteiger partial charge in [0.05, 0.1) is 16.3 Å². The van der Waals surface area contributed by atoms with Crippen LogP contribution in [0.5, 0.6) is 0 Å². The van der Waals surface area contributed by atoms with E-state index in [0.29, 0.717) is 16.5 Å². The maximum absolute atomic E-state index is 13.3. The van der Waals surface area contributed by atoms with Crippen LogP contribution in [-0.4, -0.2) is 15.3 Å². The second-order valence-electron chi connectivity index (χ2n) is 7.05. The molecule has 4 aromatic rings. The van der Waals surface area contributed by atoms with Crippen molar-refractivity contribution < 1.29 is 4.79 Å². The van der Waals surface area contributed by atoms with Crippen molar-refractivity contribution in [1.82, 2.24) is 9.55 Å². The summed E-state index contributed by atoms with van der Waals surface area (Å²) < 4.78 is 3.10. The normalized spacial score (nSPS) is 12.5. The van der Waals surface area contributed by atoms with Gasteiger partial charge in [0.25, 0.3) is 0 Å². The van der Waals surface area contributed by atoms with Gasteiger partial charge in [-0.3, -0.25) is 4.79 Å². The molecule has 2 aromatic carbocycles. The third-order valence-electron chi connectivity index (χ3n) is 4.56. The Hall–Kier alpha value is -2.97. The number of fused-ring (bicyclic) bond motifs is 2. The van der Waals surface area contributed by atoms with Gasteiger partial charge in [-0.05, 0) is 24.1 Å². The van der Waals surface area contributed by atoms with Crippen molar-refractivity contribution in [3.05, 3.63) is 65.3 Å². The van der Waals surface area contributed by atoms with Crippen LogP contribution in [0.3, 0.4) is 0 Å². The van der Waals surface area contributed by atoms with Crippen LogP contribution in [0.1, 0.15) is 35.1 Å². The third kappa shape index (κ3) is 3.13. The highest BCUT2D eigenvalue weighted by Gasteiger charge is 2.28. The van der Waals surface area contributed by atoms with Crippen LogP contribution >= 0.6 is 11.3 Å². The van der Waals surface area contributed by atoms with E-state index in [1.165, 1.54) is 11.3 Å². The van der Waals surface area contributed by atoms with Crippen molar-refractivity contribution >= 4 is 38.2 Å². The van der Waals surface area contributed by atoms with Crippen LogP contribution in [0.15, 0.2) is 54.7 Å². The number of hydrogen-bond acceptors (Lipinski definition) is 4. The molecule has 0 aliphatic heterocycles. The molecule has 0 N–H and O–H groups in total. The Labute approximate surface area is 161 Å². The van der Waals surface area contributed by atoms with E-state index < -0.39 is 5.92 Å². The Morgan fingerprint density at radius 3 is 2.67 bits per heavy atom. The highest BCUT2D eigenvalue weighted by molar-refractivity contribution is 7.18. The summed E-state index contributed by atoms with van der Waals surface area (Å²) in [4.78, 5) is 17.8. The first-order valence-electron chi connectivity index (χ1n) is 8.95. The minimum absolute atomic E-state index is 0.185. The summed E-state index contributed by atoms with van der Waals surface area (Å²) in [5, 5.41) is 11.2. The monoisotopic (exact) mass is 373 g/mol. The first kappa shape index (κ1) is 17.4. The van der Waals surface area contributed by atoms with Gasteiger partial charge in [-0.25, -0.2) is 4.98 Å². The van der Waals surface area contributed by atoms with Crippen molar-refractivity contribution in [2.45, 2.75) is 26.3 Å². The van der Waals surface area contributed by atoms with Crippen LogP contribution in [0.25, 0.3) is 21.1 Å². The summed E-state index contributed by atoms with van der Waals surface area (Å²) in [6, 6.07) is 17.8. The number of aromatic nitrogens is 2. The van der Waals surface area contributed by atoms with Gasteiger partial charge in [0, 0.05) is 29.2 Å². The number of ketones is 1. The molecule has 4 nitrogen and oxygen atoms in total. The lowest BCUT2D eigenvalue weighted by atomic mass is 9.99. The number of hydrogen-bond donors (Lipinski definition) is 0. The molecule has 27 heavy (non-hydrogen) atoms. The van der Waals surface area contributed by atoms with Crippen LogP contribution in [0.4, 0.5) is 0 Å². The predicted molar refractivity (Wildman–Crippen MR) is 109 cm³/mol. The summed E-state index contributed by atoms with van der Waals surface area (Å²) in [7, 11) is 0. The van der Waals surface area contributed by atoms with E-state index in [9.17, 15) is 10.1 Å². The van der Waals surface area contributed by atoms with Crippen molar-refractivity contribution in [2.75, 3.05) is 0 Å². The average Bonchev–Trinajstić information content (AvgIpc) is 3.24. The van der Waals surface area contributed by atoms with E-state index in [1.54, 1.807) is 0 Å². The number of carbonyl (C=O) groups excluding carboxylic acids is 1. The fourth-order valence-electron chi connectivity index (χ4n) is 3.38. The molecular weight excluding hydrogens is 354 g/mol. The molecule has 0 amide bonds. The van der Waals surface area contributed by atoms with Crippen molar-refractivity contribution in [1.29, 1.82) is 5.26 Å². The number of nitrogens with zero attached hydrogens (tertiary/aromatic N) is 3. The molecule has 0 aliphatic rings. The lowest BCUT2D eigenvalue weighted by Crippen LogP contribution is -2.11. The van der Waals surface area contributed by atoms with Crippen molar-refractivity contribution in [2.24, 2.45) is 5.92 Å². The van der Waals surface area contributed by atoms with Gasteiger partial charge in [-0.2, -0.15) is 5.26 Å². The quantitative estimate of drug-likeness (QED) is 0.440. The van der Waals surface area contributed by atoms with Gasteiger partial charge in [-0.1, -0.05) is 44.2 Å². The van der Waals surface area contributed by atoms with E-state index in [4.69, 9.17) is 0 Å². The molecule has 0 radical (unpaired) electrons. The SMILES string of the molecule is CC(C)Cn1cc(C(=O)[C@@H](C#N)c2nc3ccccc3s2)c2ccccc21. The fraction of sp³-hybridized carbons (Fsp3) is 0.227. The maximum atomic E-state index is 13.3. The molecule has 0 spiro atoms. The lowest BCUT2D eigenvalue weighted by Gasteiger charge is -2.07. The summed E-state index contributed by atoms with van der Waals surface area (Å²) in [6.07, 6.45) is 1.89. The summed E-state index contributed by atoms with van der Waals surface area (Å²) in [6.45, 7) is 5.12. The Balaban J connectivity index is 1.80. The number of rotatable bonds is 5. The minimum Gasteiger partial charge on any atom is -0.346 e. The summed E-state index contributed by atoms with van der Waals surface area (Å²) >= 11 is 1.41. The van der Waals surface area contributed by atoms with Gasteiger partial charge in [0.15, 0.2) is 11.7 Å². The zero-order chi connectivity index (χ0) is 19.0. The molecule has 0 bridgehead atoms. The van der Waals surface area contributed by atoms with Gasteiger partial charge in [0.2, 0.25) is 0 Å². The first-order chi connectivity index (χ1) is 13.1. The smallest absolute Gasteiger partial charge is 0.189 e. The lowest BCUT2D eigenvalue weighted by molar-refractivity contribution is 0.0980. The Morgan fingerprint density at radius 1 is 1.19 bits per heavy atom. The largest absolute Gasteiger partial charge is 0.346 e. The second-order valence-corrected chi connectivity index (χ2v) is 8.11. The number of benzene rings is 2. The maximum Gasteiger partial charge on any atom is 0.189 e. The van der Waals surface area contributed by atoms with E-state index in [0.717, 1.165) is 27.7 Å². The molecule has 5 heteroatoms. The number of Topliss-reactive ketones (excluding diaryl/α,β-unsaturated/α-hetero) is 1. The molecular formula is C22H19N3OS. The van der Waals surface area contributed by atoms with Crippen LogP contribution in [0, 0.1) is 17.2 Å². The second kappa shape index (κ2) is 6.98. The predicted octanol–water partition coefficient (Wildman–Crippen LogP) is 5.40. The number of carbonyl (C=O) groups is 1. The topological polar surface area (TPSA) is 58.7 Å². The molecule has 2 aromatic heterocycles. The zero-order valence-electron chi connectivity index (χ0n) is 15.2. The van der Waals surface area contributed by atoms with E-state index in [1.807, 2.05) is 54.7 Å². The highest BCUT2D eigenvalue weighted by Crippen LogP contribution is 2.32. The van der Waals surface area contributed by atoms with E-state index in [-0.39, 0.29) is 5.78 Å². The highest BCUT2D eigenvalue weighted by atomic mass is 32.1. The summed E-state index contributed by atoms with van der Waals surface area (Å²) in [5.41, 5.74) is 2.44. The molecule has 1 atom stereocenters. The molecule has 134 valence electrons. The van der Waals surface area contributed by atoms with Crippen LogP contribution in [-0.2, 0) is 6.54 Å². The molecule has 0 saturated heterocycles. The molecule has 0 saturated carbocycles. The van der Waals surface area contributed by atoms with Crippen molar-refractivity contribution in [3.63, 3.8) is 0 Å². The Bertz CT molecular complexity index is 1150. The van der Waals surface area contributed by atoms with Gasteiger partial charge >= 0.3 is 0 Å². The molecule has 0 fully saturated rings. The van der Waals surface area contributed by atoms with Crippen LogP contribution < -0.4 is 0 Å². The fourth-order valence-corrected chi connectivity index (χ4v) is 4.39. The summed E-state index contributed by atoms with van der Waals surface area (Å²) in [5.74, 6) is -0.615. The standard InChI is InChI=1S/C22H19N3OS/c1-14(2)12-25-13-17(15-7-3-5-9-19(15)25)21(26)16(11-23)22-24-18-8-4-6-10-20(18)27-22/h3-10,13-14,16H,12H2,1-2H3/t16-/m1/s1. The zero-order valence-corrected chi connectivity index (χ0v) is 16.0. The van der Waals surface area contributed by atoms with E-state index in [2.05, 4.69) is 29.5 Å². The third-order valence-corrected chi connectivity index (χ3v) is 5.67. The number of thiazole rings is 1. The van der Waals surface area contributed by atoms with Crippen molar-refractivity contribution in [3.8, 4) is 6.07 Å². The van der Waals surface area contributed by atoms with E-state index >= 15 is 0 Å². The number of para-hydroxylation sites is 2. The first-order valence-corrected chi connectivity index (χ1v) is 9.77. The van der Waals surface area contributed by atoms with Crippen LogP contribution in [0.2, 0.25) is 0 Å². The van der Waals surface area contributed by atoms with Gasteiger partial charge in [-0.15, -0.1) is 11.3 Å². The minimum atomic E-state index is -0.888. The Kier molecular flexibility index (Phi) is 4.51. The van der Waals surface area contributed by atoms with Gasteiger partial charge < -0.3 is 4.57 Å². The molecule has 4 rings (SSSR count). The number of nitriles is 1. The molecule has 0 unspecified atom stereocenters. The molecule has 2 heterocycles. The molecule has 0 aliphatic carbocycles.